The molecule has 0 rings (SSSR count). The Morgan fingerprint density at radius 1 is 1.33 bits per heavy atom. The van der Waals surface area contributed by atoms with Crippen molar-refractivity contribution in [1.29, 1.82) is 0 Å². The van der Waals surface area contributed by atoms with Gasteiger partial charge in [-0.1, -0.05) is 33.9 Å². The monoisotopic (exact) mass is 186 g/mol. The quantitative estimate of drug-likeness (QED) is 0.409. The van der Waals surface area contributed by atoms with Gasteiger partial charge in [0.15, 0.2) is 0 Å². The first-order chi connectivity index (χ1) is 5.23. The van der Waals surface area contributed by atoms with Crippen LogP contribution in [0.2, 0.25) is 18.1 Å². The third kappa shape index (κ3) is 2.20. The molecule has 0 saturated carbocycles. The first-order valence-corrected chi connectivity index (χ1v) is 7.08. The van der Waals surface area contributed by atoms with Gasteiger partial charge in [-0.3, -0.25) is 0 Å². The Balaban J connectivity index is 4.74. The van der Waals surface area contributed by atoms with Gasteiger partial charge in [0, 0.05) is 6.08 Å². The van der Waals surface area contributed by atoms with Gasteiger partial charge in [-0.25, -0.2) is 0 Å². The van der Waals surface area contributed by atoms with Crippen molar-refractivity contribution < 1.29 is 9.90 Å². The second kappa shape index (κ2) is 3.43. The zero-order chi connectivity index (χ0) is 9.99. The first-order valence-electron chi connectivity index (χ1n) is 4.08. The van der Waals surface area contributed by atoms with E-state index in [1.807, 2.05) is 13.1 Å². The van der Waals surface area contributed by atoms with Gasteiger partial charge < -0.3 is 9.90 Å². The summed E-state index contributed by atoms with van der Waals surface area (Å²) in [6.45, 7) is 10.3. The molecular formula is C9H18O2Si. The Labute approximate surface area is 75.3 Å². The predicted molar refractivity (Wildman–Crippen MR) is 54.0 cm³/mol. The van der Waals surface area contributed by atoms with E-state index in [9.17, 15) is 4.79 Å². The number of aliphatic hydroxyl groups is 1. The van der Waals surface area contributed by atoms with Crippen molar-refractivity contribution in [2.24, 2.45) is 0 Å². The lowest BCUT2D eigenvalue weighted by Gasteiger charge is -2.33. The van der Waals surface area contributed by atoms with E-state index in [-0.39, 0.29) is 10.4 Å². The predicted octanol–water partition coefficient (Wildman–Crippen LogP) is 2.67. The van der Waals surface area contributed by atoms with E-state index in [1.54, 1.807) is 0 Å². The SMILES string of the molecule is CC(C)(C)[Si](C)(C)C(=O)/C=C/O. The van der Waals surface area contributed by atoms with Crippen LogP contribution >= 0.6 is 0 Å². The van der Waals surface area contributed by atoms with Crippen LogP contribution < -0.4 is 0 Å². The molecule has 3 heteroatoms. The van der Waals surface area contributed by atoms with Gasteiger partial charge in [0.05, 0.1) is 6.26 Å². The molecule has 0 aliphatic rings. The van der Waals surface area contributed by atoms with Crippen molar-refractivity contribution in [3.05, 3.63) is 12.3 Å². The van der Waals surface area contributed by atoms with Crippen LogP contribution in [0.3, 0.4) is 0 Å². The summed E-state index contributed by atoms with van der Waals surface area (Å²) in [5.41, 5.74) is 0. The van der Waals surface area contributed by atoms with Gasteiger partial charge in [0.1, 0.15) is 13.5 Å². The molecule has 0 fully saturated rings. The fraction of sp³-hybridized carbons (Fsp3) is 0.667. The van der Waals surface area contributed by atoms with Crippen molar-refractivity contribution in [3.8, 4) is 0 Å². The molecule has 12 heavy (non-hydrogen) atoms. The highest BCUT2D eigenvalue weighted by Gasteiger charge is 2.40. The maximum Gasteiger partial charge on any atom is 0.137 e. The minimum absolute atomic E-state index is 0.0452. The highest BCUT2D eigenvalue weighted by Crippen LogP contribution is 2.36. The van der Waals surface area contributed by atoms with Gasteiger partial charge in [-0.2, -0.15) is 0 Å². The minimum atomic E-state index is -1.91. The molecule has 70 valence electrons. The summed E-state index contributed by atoms with van der Waals surface area (Å²) in [6.07, 6.45) is 2.11. The molecule has 0 aromatic carbocycles. The van der Waals surface area contributed by atoms with E-state index >= 15 is 0 Å². The van der Waals surface area contributed by atoms with Crippen LogP contribution in [-0.2, 0) is 4.79 Å². The maximum atomic E-state index is 11.5. The summed E-state index contributed by atoms with van der Waals surface area (Å²) in [5.74, 6) is 0. The third-order valence-electron chi connectivity index (χ3n) is 2.72. The van der Waals surface area contributed by atoms with Crippen LogP contribution in [0.1, 0.15) is 20.8 Å². The number of aliphatic hydroxyl groups excluding tert-OH is 1. The number of carbonyl (C=O) groups excluding carboxylic acids is 1. The summed E-state index contributed by atoms with van der Waals surface area (Å²) >= 11 is 0. The van der Waals surface area contributed by atoms with Gasteiger partial charge in [-0.05, 0) is 5.04 Å². The zero-order valence-corrected chi connectivity index (χ0v) is 9.51. The Bertz CT molecular complexity index is 199. The average molecular weight is 186 g/mol. The number of hydrogen-bond acceptors (Lipinski definition) is 2. The highest BCUT2D eigenvalue weighted by atomic mass is 28.3. The Morgan fingerprint density at radius 3 is 2.00 bits per heavy atom. The molecule has 0 spiro atoms. The second-order valence-corrected chi connectivity index (χ2v) is 9.80. The lowest BCUT2D eigenvalue weighted by molar-refractivity contribution is -0.108. The fourth-order valence-corrected chi connectivity index (χ4v) is 1.88. The average Bonchev–Trinajstić information content (AvgIpc) is 1.85. The number of allylic oxidation sites excluding steroid dienone is 1. The molecule has 0 aromatic rings. The smallest absolute Gasteiger partial charge is 0.137 e. The van der Waals surface area contributed by atoms with Crippen molar-refractivity contribution in [1.82, 2.24) is 0 Å². The van der Waals surface area contributed by atoms with Crippen molar-refractivity contribution in [3.63, 3.8) is 0 Å². The Hall–Kier alpha value is -0.573. The molecule has 0 aromatic heterocycles. The summed E-state index contributed by atoms with van der Waals surface area (Å²) in [4.78, 5) is 11.5. The summed E-state index contributed by atoms with van der Waals surface area (Å²) < 4.78 is 0. The molecule has 0 atom stereocenters. The maximum absolute atomic E-state index is 11.5. The van der Waals surface area contributed by atoms with Crippen LogP contribution in [0.4, 0.5) is 0 Å². The second-order valence-electron chi connectivity index (χ2n) is 4.55. The van der Waals surface area contributed by atoms with Crippen molar-refractivity contribution in [2.75, 3.05) is 0 Å². The van der Waals surface area contributed by atoms with Crippen LogP contribution in [0.25, 0.3) is 0 Å². The molecular weight excluding hydrogens is 168 g/mol. The summed E-state index contributed by atoms with van der Waals surface area (Å²) in [5, 5.41) is 8.63. The Kier molecular flexibility index (Phi) is 3.27. The van der Waals surface area contributed by atoms with E-state index in [0.29, 0.717) is 0 Å². The van der Waals surface area contributed by atoms with Gasteiger partial charge in [-0.15, -0.1) is 0 Å². The van der Waals surface area contributed by atoms with Crippen LogP contribution in [0.15, 0.2) is 12.3 Å². The Morgan fingerprint density at radius 2 is 1.75 bits per heavy atom. The lowest BCUT2D eigenvalue weighted by Crippen LogP contribution is -2.45. The van der Waals surface area contributed by atoms with Crippen LogP contribution in [-0.4, -0.2) is 18.6 Å². The van der Waals surface area contributed by atoms with Gasteiger partial charge >= 0.3 is 0 Å². The third-order valence-corrected chi connectivity index (χ3v) is 7.87. The van der Waals surface area contributed by atoms with E-state index < -0.39 is 8.07 Å². The molecule has 0 heterocycles. The van der Waals surface area contributed by atoms with Gasteiger partial charge in [0.2, 0.25) is 0 Å². The lowest BCUT2D eigenvalue weighted by atomic mass is 10.2. The van der Waals surface area contributed by atoms with Crippen LogP contribution in [0.5, 0.6) is 0 Å². The van der Waals surface area contributed by atoms with Crippen molar-refractivity contribution >= 4 is 13.5 Å². The molecule has 1 N–H and O–H groups in total. The molecule has 0 aliphatic heterocycles. The molecule has 0 unspecified atom stereocenters. The highest BCUT2D eigenvalue weighted by molar-refractivity contribution is 7.07. The van der Waals surface area contributed by atoms with E-state index in [2.05, 4.69) is 20.8 Å². The van der Waals surface area contributed by atoms with E-state index in [0.717, 1.165) is 6.26 Å². The molecule has 0 aliphatic carbocycles. The van der Waals surface area contributed by atoms with Gasteiger partial charge in [0.25, 0.3) is 0 Å². The number of hydrogen-bond donors (Lipinski definition) is 1. The molecule has 0 bridgehead atoms. The normalized spacial score (nSPS) is 13.8. The molecule has 0 radical (unpaired) electrons. The minimum Gasteiger partial charge on any atom is -0.515 e. The standard InChI is InChI=1S/C9H18O2Si/c1-9(2,3)12(4,5)8(11)6-7-10/h6-7,10H,1-5H3/b7-6+. The molecule has 2 nitrogen and oxygen atoms in total. The van der Waals surface area contributed by atoms with E-state index in [4.69, 9.17) is 5.11 Å². The zero-order valence-electron chi connectivity index (χ0n) is 8.51. The largest absolute Gasteiger partial charge is 0.515 e. The fourth-order valence-electron chi connectivity index (χ4n) is 0.646. The van der Waals surface area contributed by atoms with Crippen LogP contribution in [0, 0.1) is 0 Å². The van der Waals surface area contributed by atoms with E-state index in [1.165, 1.54) is 6.08 Å². The summed E-state index contributed by atoms with van der Waals surface area (Å²) in [7, 11) is -1.91. The van der Waals surface area contributed by atoms with Crippen molar-refractivity contribution in [2.45, 2.75) is 38.9 Å². The number of rotatable bonds is 2. The summed E-state index contributed by atoms with van der Waals surface area (Å²) in [6, 6.07) is 0. The topological polar surface area (TPSA) is 37.3 Å². The molecule has 0 saturated heterocycles. The number of carbonyl (C=O) groups is 1. The first kappa shape index (κ1) is 11.4. The molecule has 0 amide bonds.